The van der Waals surface area contributed by atoms with Gasteiger partial charge in [-0.2, -0.15) is 0 Å². The fraction of sp³-hybridized carbons (Fsp3) is 0.891. The predicted molar refractivity (Wildman–Crippen MR) is 303 cm³/mol. The summed E-state index contributed by atoms with van der Waals surface area (Å²) in [4.78, 5) is 38.1. The maximum Gasteiger partial charge on any atom is 0.306 e. The third-order valence-corrected chi connectivity index (χ3v) is 14.2. The summed E-state index contributed by atoms with van der Waals surface area (Å²) in [6.45, 7) is 6.66. The average Bonchev–Trinajstić information content (AvgIpc) is 3.36. The van der Waals surface area contributed by atoms with Crippen molar-refractivity contribution >= 4 is 17.9 Å². The highest BCUT2D eigenvalue weighted by molar-refractivity contribution is 5.71. The minimum absolute atomic E-state index is 0.0652. The van der Waals surface area contributed by atoms with Crippen LogP contribution in [0.2, 0.25) is 0 Å². The molecule has 0 bridgehead atoms. The van der Waals surface area contributed by atoms with Crippen LogP contribution in [0.5, 0.6) is 0 Å². The monoisotopic (exact) mass is 985 g/mol. The molecule has 0 amide bonds. The Morgan fingerprint density at radius 2 is 0.514 bits per heavy atom. The number of allylic oxidation sites excluding steroid dienone is 4. The molecule has 0 saturated carbocycles. The fourth-order valence-electron chi connectivity index (χ4n) is 9.48. The van der Waals surface area contributed by atoms with E-state index in [9.17, 15) is 14.4 Å². The van der Waals surface area contributed by atoms with Crippen molar-refractivity contribution in [1.82, 2.24) is 0 Å². The normalized spacial score (nSPS) is 12.1. The van der Waals surface area contributed by atoms with Crippen molar-refractivity contribution in [3.63, 3.8) is 0 Å². The summed E-state index contributed by atoms with van der Waals surface area (Å²) in [6, 6.07) is 0. The van der Waals surface area contributed by atoms with Gasteiger partial charge in [0, 0.05) is 19.3 Å². The van der Waals surface area contributed by atoms with Gasteiger partial charge >= 0.3 is 17.9 Å². The topological polar surface area (TPSA) is 78.9 Å². The largest absolute Gasteiger partial charge is 0.462 e. The molecule has 0 spiro atoms. The Hall–Kier alpha value is -2.11. The second-order valence-corrected chi connectivity index (χ2v) is 21.3. The molecule has 1 atom stereocenters. The summed E-state index contributed by atoms with van der Waals surface area (Å²) in [5.74, 6) is -0.846. The highest BCUT2D eigenvalue weighted by atomic mass is 16.6. The highest BCUT2D eigenvalue weighted by Crippen LogP contribution is 2.18. The highest BCUT2D eigenvalue weighted by Gasteiger charge is 2.19. The number of rotatable bonds is 58. The standard InChI is InChI=1S/C64H120O6/c1-4-7-10-13-16-19-21-23-25-27-28-29-30-31-32-33-34-35-36-38-39-41-43-45-48-51-54-57-63(66)69-60-61(59-68-62(65)56-53-50-47-18-15-12-9-6-3)70-64(67)58-55-52-49-46-44-42-40-37-26-24-22-20-17-14-11-8-5-2/h21,23,27-28,61H,4-20,22,24-26,29-60H2,1-3H3/b23-21-,28-27-. The van der Waals surface area contributed by atoms with Crippen molar-refractivity contribution in [3.8, 4) is 0 Å². The summed E-state index contributed by atoms with van der Waals surface area (Å²) >= 11 is 0. The maximum atomic E-state index is 12.8. The van der Waals surface area contributed by atoms with E-state index in [1.807, 2.05) is 0 Å². The van der Waals surface area contributed by atoms with Crippen molar-refractivity contribution in [1.29, 1.82) is 0 Å². The molecule has 0 radical (unpaired) electrons. The van der Waals surface area contributed by atoms with Gasteiger partial charge in [-0.05, 0) is 51.4 Å². The van der Waals surface area contributed by atoms with E-state index >= 15 is 0 Å². The van der Waals surface area contributed by atoms with E-state index in [1.165, 1.54) is 244 Å². The van der Waals surface area contributed by atoms with Gasteiger partial charge in [0.1, 0.15) is 13.2 Å². The number of unbranched alkanes of at least 4 members (excludes halogenated alkanes) is 43. The molecule has 70 heavy (non-hydrogen) atoms. The molecule has 0 saturated heterocycles. The molecule has 6 nitrogen and oxygen atoms in total. The zero-order valence-electron chi connectivity index (χ0n) is 47.3. The molecule has 0 N–H and O–H groups in total. The lowest BCUT2D eigenvalue weighted by molar-refractivity contribution is -0.167. The van der Waals surface area contributed by atoms with E-state index in [0.29, 0.717) is 19.3 Å². The zero-order chi connectivity index (χ0) is 50.7. The van der Waals surface area contributed by atoms with Gasteiger partial charge < -0.3 is 14.2 Å². The third-order valence-electron chi connectivity index (χ3n) is 14.2. The molecule has 0 aromatic rings. The number of carbonyl (C=O) groups is 3. The van der Waals surface area contributed by atoms with Crippen LogP contribution < -0.4 is 0 Å². The van der Waals surface area contributed by atoms with Crippen LogP contribution in [0.15, 0.2) is 24.3 Å². The average molecular weight is 986 g/mol. The molecule has 0 aromatic carbocycles. The van der Waals surface area contributed by atoms with Gasteiger partial charge in [0.2, 0.25) is 0 Å². The summed E-state index contributed by atoms with van der Waals surface area (Å²) in [5.41, 5.74) is 0. The van der Waals surface area contributed by atoms with Crippen molar-refractivity contribution in [2.75, 3.05) is 13.2 Å². The minimum Gasteiger partial charge on any atom is -0.462 e. The van der Waals surface area contributed by atoms with Crippen LogP contribution in [-0.2, 0) is 28.6 Å². The molecule has 412 valence electrons. The van der Waals surface area contributed by atoms with Crippen LogP contribution >= 0.6 is 0 Å². The number of esters is 3. The van der Waals surface area contributed by atoms with E-state index < -0.39 is 6.10 Å². The van der Waals surface area contributed by atoms with E-state index in [0.717, 1.165) is 64.2 Å². The van der Waals surface area contributed by atoms with Crippen molar-refractivity contribution in [3.05, 3.63) is 24.3 Å². The second-order valence-electron chi connectivity index (χ2n) is 21.3. The third kappa shape index (κ3) is 56.8. The van der Waals surface area contributed by atoms with Crippen LogP contribution in [-0.4, -0.2) is 37.2 Å². The molecule has 0 aromatic heterocycles. The molecule has 0 aliphatic carbocycles. The van der Waals surface area contributed by atoms with Crippen molar-refractivity contribution < 1.29 is 28.6 Å². The molecule has 0 rings (SSSR count). The Bertz CT molecular complexity index is 1130. The lowest BCUT2D eigenvalue weighted by Gasteiger charge is -2.18. The molecular weight excluding hydrogens is 865 g/mol. The van der Waals surface area contributed by atoms with Gasteiger partial charge in [-0.25, -0.2) is 0 Å². The molecule has 0 fully saturated rings. The van der Waals surface area contributed by atoms with Crippen LogP contribution in [0.3, 0.4) is 0 Å². The fourth-order valence-corrected chi connectivity index (χ4v) is 9.48. The van der Waals surface area contributed by atoms with Crippen molar-refractivity contribution in [2.45, 2.75) is 354 Å². The van der Waals surface area contributed by atoms with E-state index in [1.54, 1.807) is 0 Å². The molecular formula is C64H120O6. The summed E-state index contributed by atoms with van der Waals surface area (Å²) in [7, 11) is 0. The maximum absolute atomic E-state index is 12.8. The predicted octanol–water partition coefficient (Wildman–Crippen LogP) is 21.1. The first-order valence-corrected chi connectivity index (χ1v) is 31.3. The summed E-state index contributed by atoms with van der Waals surface area (Å²) in [5, 5.41) is 0. The number of ether oxygens (including phenoxy) is 3. The van der Waals surface area contributed by atoms with Crippen LogP contribution in [0, 0.1) is 0 Å². The molecule has 6 heteroatoms. The Kier molecular flexibility index (Phi) is 57.7. The Balaban J connectivity index is 4.09. The van der Waals surface area contributed by atoms with Gasteiger partial charge in [0.25, 0.3) is 0 Å². The Morgan fingerprint density at radius 1 is 0.286 bits per heavy atom. The lowest BCUT2D eigenvalue weighted by atomic mass is 10.0. The van der Waals surface area contributed by atoms with Gasteiger partial charge in [0.05, 0.1) is 0 Å². The smallest absolute Gasteiger partial charge is 0.306 e. The quantitative estimate of drug-likeness (QED) is 0.0261. The SMILES string of the molecule is CCCCCCC/C=C\C/C=C\CCCCCCCCCCCCCCCCCC(=O)OCC(COC(=O)CCCCCCCCCC)OC(=O)CCCCCCCCCCCCCCCCCCC. The van der Waals surface area contributed by atoms with Crippen molar-refractivity contribution in [2.24, 2.45) is 0 Å². The van der Waals surface area contributed by atoms with Crippen LogP contribution in [0.1, 0.15) is 348 Å². The number of carbonyl (C=O) groups excluding carboxylic acids is 3. The second kappa shape index (κ2) is 59.5. The van der Waals surface area contributed by atoms with Gasteiger partial charge in [0.15, 0.2) is 6.10 Å². The molecule has 1 unspecified atom stereocenters. The first-order valence-electron chi connectivity index (χ1n) is 31.3. The van der Waals surface area contributed by atoms with Gasteiger partial charge in [-0.15, -0.1) is 0 Å². The van der Waals surface area contributed by atoms with Gasteiger partial charge in [-0.1, -0.05) is 302 Å². The lowest BCUT2D eigenvalue weighted by Crippen LogP contribution is -2.30. The van der Waals surface area contributed by atoms with E-state index in [-0.39, 0.29) is 31.1 Å². The summed E-state index contributed by atoms with van der Waals surface area (Å²) < 4.78 is 16.9. The molecule has 0 aliphatic heterocycles. The first kappa shape index (κ1) is 67.9. The molecule has 0 heterocycles. The van der Waals surface area contributed by atoms with Crippen LogP contribution in [0.4, 0.5) is 0 Å². The minimum atomic E-state index is -0.764. The first-order chi connectivity index (χ1) is 34.5. The Labute approximate surface area is 436 Å². The van der Waals surface area contributed by atoms with Crippen LogP contribution in [0.25, 0.3) is 0 Å². The number of hydrogen-bond donors (Lipinski definition) is 0. The number of hydrogen-bond acceptors (Lipinski definition) is 6. The van der Waals surface area contributed by atoms with Gasteiger partial charge in [-0.3, -0.25) is 14.4 Å². The van der Waals surface area contributed by atoms with E-state index in [4.69, 9.17) is 14.2 Å². The Morgan fingerprint density at radius 3 is 0.786 bits per heavy atom. The van der Waals surface area contributed by atoms with E-state index in [2.05, 4.69) is 45.1 Å². The zero-order valence-corrected chi connectivity index (χ0v) is 47.3. The summed E-state index contributed by atoms with van der Waals surface area (Å²) in [6.07, 6.45) is 70.6. The molecule has 0 aliphatic rings.